The van der Waals surface area contributed by atoms with Crippen LogP contribution < -0.4 is 79.9 Å². The zero-order chi connectivity index (χ0) is 82.2. The molecule has 17 rings (SSSR count). The molecule has 0 saturated heterocycles. The highest BCUT2D eigenvalue weighted by Crippen LogP contribution is 2.49. The minimum absolute atomic E-state index is 0.410. The van der Waals surface area contributed by atoms with E-state index in [9.17, 15) is 0 Å². The first-order chi connectivity index (χ1) is 58.8. The monoisotopic (exact) mass is 1950 g/mol. The lowest BCUT2D eigenvalue weighted by atomic mass is 9.81. The molecule has 16 heteroatoms. The number of halogens is 8. The molecule has 0 N–H and O–H groups in total. The highest BCUT2D eigenvalue weighted by atomic mass is 79.9. The molecule has 0 radical (unpaired) electrons. The van der Waals surface area contributed by atoms with E-state index in [1.807, 2.05) is 97.1 Å². The van der Waals surface area contributed by atoms with Crippen molar-refractivity contribution in [1.29, 1.82) is 0 Å². The summed E-state index contributed by atoms with van der Waals surface area (Å²) in [4.78, 5) is 0. The fraction of sp³-hybridized carbons (Fsp3) is 0.0192. The van der Waals surface area contributed by atoms with Gasteiger partial charge in [0.25, 0.3) is 0 Å². The minimum atomic E-state index is -3.40. The van der Waals surface area contributed by atoms with Crippen molar-refractivity contribution in [3.8, 4) is 23.0 Å². The van der Waals surface area contributed by atoms with Gasteiger partial charge in [0.15, 0.2) is 0 Å². The van der Waals surface area contributed by atoms with Gasteiger partial charge in [-0.15, -0.1) is 0 Å². The van der Waals surface area contributed by atoms with Crippen molar-refractivity contribution in [3.05, 3.63) is 508 Å². The van der Waals surface area contributed by atoms with Gasteiger partial charge in [0.2, 0.25) is 0 Å². The van der Waals surface area contributed by atoms with Gasteiger partial charge in [0.1, 0.15) is 23.0 Å². The average molecular weight is 1960 g/mol. The number of rotatable bonds is 26. The third kappa shape index (κ3) is 16.2. The first-order valence-electron chi connectivity index (χ1n) is 39.2. The molecule has 120 heavy (non-hydrogen) atoms. The maximum absolute atomic E-state index is 7.96. The Hall–Kier alpha value is -10.1. The lowest BCUT2D eigenvalue weighted by Gasteiger charge is -2.35. The molecule has 0 aromatic heterocycles. The largest absolute Gasteiger partial charge is 0.528 e. The second-order valence-corrected chi connectivity index (χ2v) is 47.6. The van der Waals surface area contributed by atoms with E-state index in [2.05, 4.69) is 403 Å². The molecular weight excluding hydrogens is 1890 g/mol. The molecule has 0 spiro atoms. The summed E-state index contributed by atoms with van der Waals surface area (Å²) in [6.45, 7) is 0. The zero-order valence-corrected chi connectivity index (χ0v) is 77.7. The smallest absolute Gasteiger partial charge is 0.347 e. The van der Waals surface area contributed by atoms with Crippen LogP contribution >= 0.6 is 110 Å². The average Bonchev–Trinajstić information content (AvgIpc) is 0.751. The zero-order valence-electron chi connectivity index (χ0n) is 64.4. The van der Waals surface area contributed by atoms with Crippen LogP contribution in [0.15, 0.2) is 455 Å². The van der Waals surface area contributed by atoms with Crippen molar-refractivity contribution in [3.63, 3.8) is 0 Å². The number of hydrogen-bond acceptors (Lipinski definition) is 4. The topological polar surface area (TPSA) is 36.9 Å². The van der Waals surface area contributed by atoms with Gasteiger partial charge in [0, 0.05) is 11.8 Å². The Bertz CT molecular complexity index is 5150. The SMILES string of the molecule is Clc1cc(C(c2ccc(C(c3cc(Cl)c(O[Si](c4ccccc4)(c4ccccc4)c4ccccc4)c(Br)c3)c3cc(Cl)c(O[Si](c4ccccc4)(c4ccccc4)c4ccccc4)c(Br)c3)cc2)c2cc(Cl)c(O[Si](c3ccccc3)(c3ccccc3)c3ccccc3)c(Br)c2)cc(Br)c1O[Si](c1ccccc1)(c1ccccc1)c1ccccc1. The lowest BCUT2D eigenvalue weighted by molar-refractivity contribution is 0.572. The van der Waals surface area contributed by atoms with Gasteiger partial charge >= 0.3 is 33.3 Å². The molecule has 0 heterocycles. The van der Waals surface area contributed by atoms with Crippen molar-refractivity contribution in [2.75, 3.05) is 0 Å². The highest BCUT2D eigenvalue weighted by Gasteiger charge is 2.49. The van der Waals surface area contributed by atoms with Crippen LogP contribution in [0.4, 0.5) is 0 Å². The molecule has 0 saturated carbocycles. The van der Waals surface area contributed by atoms with Crippen LogP contribution in [0.5, 0.6) is 23.0 Å². The lowest BCUT2D eigenvalue weighted by Crippen LogP contribution is -2.71. The Morgan fingerprint density at radius 1 is 0.167 bits per heavy atom. The molecule has 0 aliphatic heterocycles. The van der Waals surface area contributed by atoms with Crippen LogP contribution in [0.2, 0.25) is 20.1 Å². The summed E-state index contributed by atoms with van der Waals surface area (Å²) in [6.07, 6.45) is 0. The molecule has 0 bridgehead atoms. The third-order valence-corrected chi connectivity index (χ3v) is 41.5. The molecule has 17 aromatic carbocycles. The van der Waals surface area contributed by atoms with E-state index in [1.165, 1.54) is 0 Å². The van der Waals surface area contributed by atoms with Crippen LogP contribution in [0.1, 0.15) is 45.2 Å². The maximum atomic E-state index is 7.96. The number of benzene rings is 17. The maximum Gasteiger partial charge on any atom is 0.347 e. The molecule has 0 unspecified atom stereocenters. The van der Waals surface area contributed by atoms with E-state index in [1.54, 1.807) is 0 Å². The molecule has 17 aromatic rings. The Morgan fingerprint density at radius 2 is 0.292 bits per heavy atom. The minimum Gasteiger partial charge on any atom is -0.528 e. The summed E-state index contributed by atoms with van der Waals surface area (Å²) >= 11 is 48.5. The van der Waals surface area contributed by atoms with Gasteiger partial charge < -0.3 is 17.7 Å². The third-order valence-electron chi connectivity index (χ3n) is 22.2. The Labute approximate surface area is 758 Å². The quantitative estimate of drug-likeness (QED) is 0.0400. The van der Waals surface area contributed by atoms with Crippen molar-refractivity contribution >= 4 is 206 Å². The van der Waals surface area contributed by atoms with Crippen LogP contribution in [0.25, 0.3) is 0 Å². The summed E-state index contributed by atoms with van der Waals surface area (Å²) in [5, 5.41) is 14.3. The molecule has 0 atom stereocenters. The molecule has 586 valence electrons. The molecule has 0 aliphatic rings. The fourth-order valence-electron chi connectivity index (χ4n) is 16.8. The standard InChI is InChI=1S/C104H74Br4Cl4O4Si4/c105-91-65-75(69-95(109)101(91)113-117(79-37-13-1-14-38-79,80-39-15-2-16-40-80)81-41-17-3-18-42-81)99(76-66-92(106)102(96(110)70-76)114-118(82-43-19-4-20-44-82,83-45-21-5-22-46-83)84-47-23-6-24-48-84)73-61-63-74(64-62-73)100(77-67-93(107)103(97(111)71-77)115-119(85-49-25-7-26-50-85,86-51-27-8-28-52-86)87-53-29-9-30-54-87)78-68-94(108)104(98(112)72-78)116-120(88-55-31-10-32-56-88,89-57-33-11-34-58-89)90-59-35-12-36-60-90/h1-72,99-100H. The van der Waals surface area contributed by atoms with Crippen molar-refractivity contribution in [2.45, 2.75) is 11.8 Å². The Morgan fingerprint density at radius 3 is 0.408 bits per heavy atom. The fourth-order valence-corrected chi connectivity index (χ4v) is 36.9. The summed E-state index contributed by atoms with van der Waals surface area (Å²) < 4.78 is 33.9. The van der Waals surface area contributed by atoms with Crippen LogP contribution in [0.3, 0.4) is 0 Å². The molecule has 0 aliphatic carbocycles. The van der Waals surface area contributed by atoms with Gasteiger partial charge in [-0.05, 0) is 208 Å². The summed E-state index contributed by atoms with van der Waals surface area (Å²) in [7, 11) is -13.6. The van der Waals surface area contributed by atoms with Crippen LogP contribution in [0, 0.1) is 0 Å². The summed E-state index contributed by atoms with van der Waals surface area (Å²) in [5.74, 6) is 0.975. The van der Waals surface area contributed by atoms with Gasteiger partial charge in [-0.3, -0.25) is 0 Å². The van der Waals surface area contributed by atoms with E-state index in [4.69, 9.17) is 64.1 Å². The predicted molar refractivity (Wildman–Crippen MR) is 523 cm³/mol. The van der Waals surface area contributed by atoms with Crippen molar-refractivity contribution in [1.82, 2.24) is 0 Å². The first kappa shape index (κ1) is 82.2. The van der Waals surface area contributed by atoms with Gasteiger partial charge in [-0.25, -0.2) is 0 Å². The first-order valence-corrected chi connectivity index (χ1v) is 51.6. The van der Waals surface area contributed by atoms with Crippen molar-refractivity contribution in [2.24, 2.45) is 0 Å². The Balaban J connectivity index is 0.847. The second-order valence-electron chi connectivity index (χ2n) is 29.3. The Kier molecular flexibility index (Phi) is 25.1. The normalized spacial score (nSPS) is 11.8. The van der Waals surface area contributed by atoms with Crippen LogP contribution in [-0.2, 0) is 0 Å². The van der Waals surface area contributed by atoms with E-state index < -0.39 is 45.1 Å². The summed E-state index contributed by atoms with van der Waals surface area (Å²) in [5.41, 5.74) is 5.27. The second kappa shape index (κ2) is 36.7. The molecule has 0 amide bonds. The predicted octanol–water partition coefficient (Wildman–Crippen LogP) is 21.9. The molecular formula is C104H74Br4Cl4O4Si4. The van der Waals surface area contributed by atoms with E-state index >= 15 is 0 Å². The van der Waals surface area contributed by atoms with E-state index in [-0.39, 0.29) is 0 Å². The van der Waals surface area contributed by atoms with E-state index in [0.717, 1.165) is 95.6 Å². The van der Waals surface area contributed by atoms with Crippen LogP contribution in [-0.4, -0.2) is 33.3 Å². The van der Waals surface area contributed by atoms with E-state index in [0.29, 0.717) is 61.0 Å². The molecule has 4 nitrogen and oxygen atoms in total. The molecule has 0 fully saturated rings. The van der Waals surface area contributed by atoms with Gasteiger partial charge in [0.05, 0.1) is 38.0 Å². The summed E-state index contributed by atoms with van der Waals surface area (Å²) in [6, 6.07) is 152. The van der Waals surface area contributed by atoms with Gasteiger partial charge in [-0.1, -0.05) is 435 Å². The highest BCUT2D eigenvalue weighted by molar-refractivity contribution is 9.11. The van der Waals surface area contributed by atoms with Crippen molar-refractivity contribution < 1.29 is 17.7 Å². The van der Waals surface area contributed by atoms with Gasteiger partial charge in [-0.2, -0.15) is 0 Å². The number of hydrogen-bond donors (Lipinski definition) is 0.